The third kappa shape index (κ3) is 5.35. The number of carbonyl (C=O) groups is 1. The summed E-state index contributed by atoms with van der Waals surface area (Å²) in [6, 6.07) is 25.6. The number of amides is 1. The molecule has 0 spiro atoms. The lowest BCUT2D eigenvalue weighted by Gasteiger charge is -2.06. The molecule has 0 bridgehead atoms. The Kier molecular flexibility index (Phi) is 6.20. The molecule has 5 nitrogen and oxygen atoms in total. The first-order valence-corrected chi connectivity index (χ1v) is 9.92. The van der Waals surface area contributed by atoms with Gasteiger partial charge in [0.25, 0.3) is 0 Å². The third-order valence-electron chi connectivity index (χ3n) is 4.66. The van der Waals surface area contributed by atoms with Gasteiger partial charge < -0.3 is 15.0 Å². The predicted octanol–water partition coefficient (Wildman–Crippen LogP) is 4.51. The summed E-state index contributed by atoms with van der Waals surface area (Å²) < 4.78 is 5.78. The maximum atomic E-state index is 12.1. The fourth-order valence-electron chi connectivity index (χ4n) is 3.08. The van der Waals surface area contributed by atoms with Gasteiger partial charge in [-0.2, -0.15) is 0 Å². The molecule has 5 heteroatoms. The highest BCUT2D eigenvalue weighted by atomic mass is 16.5. The maximum Gasteiger partial charge on any atom is 0.244 e. The topological polar surface area (TPSA) is 67.0 Å². The van der Waals surface area contributed by atoms with E-state index in [2.05, 4.69) is 15.3 Å². The molecule has 0 aliphatic carbocycles. The van der Waals surface area contributed by atoms with Gasteiger partial charge in [0, 0.05) is 19.0 Å². The summed E-state index contributed by atoms with van der Waals surface area (Å²) in [4.78, 5) is 19.8. The average Bonchev–Trinajstić information content (AvgIpc) is 3.20. The second kappa shape index (κ2) is 9.56. The lowest BCUT2D eigenvalue weighted by molar-refractivity contribution is -0.116. The molecule has 30 heavy (non-hydrogen) atoms. The molecule has 0 radical (unpaired) electrons. The van der Waals surface area contributed by atoms with E-state index in [1.807, 2.05) is 78.9 Å². The van der Waals surface area contributed by atoms with E-state index < -0.39 is 0 Å². The van der Waals surface area contributed by atoms with Gasteiger partial charge in [-0.05, 0) is 41.5 Å². The zero-order valence-corrected chi connectivity index (χ0v) is 16.5. The molecule has 4 rings (SSSR count). The summed E-state index contributed by atoms with van der Waals surface area (Å²) in [5.41, 5.74) is 4.01. The number of aromatic nitrogens is 2. The van der Waals surface area contributed by atoms with E-state index in [0.717, 1.165) is 33.7 Å². The third-order valence-corrected chi connectivity index (χ3v) is 4.66. The van der Waals surface area contributed by atoms with Crippen molar-refractivity contribution in [3.63, 3.8) is 0 Å². The van der Waals surface area contributed by atoms with Crippen LogP contribution in [0.3, 0.4) is 0 Å². The van der Waals surface area contributed by atoms with Gasteiger partial charge in [0.2, 0.25) is 5.91 Å². The minimum atomic E-state index is -0.129. The summed E-state index contributed by atoms with van der Waals surface area (Å²) >= 11 is 0. The monoisotopic (exact) mass is 397 g/mol. The largest absolute Gasteiger partial charge is 0.489 e. The lowest BCUT2D eigenvalue weighted by Crippen LogP contribution is -2.23. The van der Waals surface area contributed by atoms with E-state index in [0.29, 0.717) is 19.6 Å². The molecule has 0 aliphatic heterocycles. The van der Waals surface area contributed by atoms with E-state index in [1.165, 1.54) is 0 Å². The van der Waals surface area contributed by atoms with Crippen LogP contribution in [-0.2, 0) is 17.8 Å². The van der Waals surface area contributed by atoms with Crippen molar-refractivity contribution in [3.8, 4) is 5.75 Å². The minimum absolute atomic E-state index is 0.129. The van der Waals surface area contributed by atoms with Crippen molar-refractivity contribution in [1.82, 2.24) is 15.3 Å². The van der Waals surface area contributed by atoms with E-state index in [1.54, 1.807) is 12.2 Å². The maximum absolute atomic E-state index is 12.1. The zero-order chi connectivity index (χ0) is 20.6. The highest BCUT2D eigenvalue weighted by Crippen LogP contribution is 2.15. The fraction of sp³-hybridized carbons (Fsp3) is 0.120. The van der Waals surface area contributed by atoms with E-state index in [-0.39, 0.29) is 5.91 Å². The summed E-state index contributed by atoms with van der Waals surface area (Å²) in [7, 11) is 0. The Labute approximate surface area is 175 Å². The van der Waals surface area contributed by atoms with Crippen LogP contribution in [0.15, 0.2) is 84.9 Å². The zero-order valence-electron chi connectivity index (χ0n) is 16.5. The van der Waals surface area contributed by atoms with Crippen LogP contribution >= 0.6 is 0 Å². The normalized spacial score (nSPS) is 11.1. The van der Waals surface area contributed by atoms with Gasteiger partial charge in [-0.15, -0.1) is 0 Å². The molecule has 1 heterocycles. The Balaban J connectivity index is 1.22. The number of hydrogen-bond donors (Lipinski definition) is 2. The number of benzene rings is 3. The van der Waals surface area contributed by atoms with Crippen molar-refractivity contribution in [3.05, 3.63) is 102 Å². The molecule has 3 aromatic carbocycles. The Bertz CT molecular complexity index is 1100. The van der Waals surface area contributed by atoms with Crippen molar-refractivity contribution in [1.29, 1.82) is 0 Å². The molecule has 0 aliphatic rings. The van der Waals surface area contributed by atoms with Crippen molar-refractivity contribution >= 4 is 23.0 Å². The Morgan fingerprint density at radius 1 is 0.967 bits per heavy atom. The number of hydrogen-bond acceptors (Lipinski definition) is 3. The first-order chi connectivity index (χ1) is 14.8. The molecule has 0 fully saturated rings. The van der Waals surface area contributed by atoms with Crippen LogP contribution in [0.4, 0.5) is 0 Å². The smallest absolute Gasteiger partial charge is 0.244 e. The van der Waals surface area contributed by atoms with Gasteiger partial charge in [-0.25, -0.2) is 4.98 Å². The number of imidazole rings is 1. The molecule has 4 aromatic rings. The molecular formula is C25H23N3O2. The molecule has 1 amide bonds. The molecule has 0 atom stereocenters. The number of ether oxygens (including phenoxy) is 1. The number of para-hydroxylation sites is 2. The Morgan fingerprint density at radius 2 is 1.73 bits per heavy atom. The van der Waals surface area contributed by atoms with Crippen LogP contribution in [0, 0.1) is 0 Å². The molecule has 0 saturated heterocycles. The number of aromatic amines is 1. The van der Waals surface area contributed by atoms with Gasteiger partial charge in [-0.3, -0.25) is 4.79 Å². The number of nitrogens with zero attached hydrogens (tertiary/aromatic N) is 1. The molecule has 0 unspecified atom stereocenters. The molecular weight excluding hydrogens is 374 g/mol. The lowest BCUT2D eigenvalue weighted by atomic mass is 10.2. The van der Waals surface area contributed by atoms with Gasteiger partial charge in [-0.1, -0.05) is 54.6 Å². The van der Waals surface area contributed by atoms with Crippen molar-refractivity contribution in [2.45, 2.75) is 13.0 Å². The number of carbonyl (C=O) groups excluding carboxylic acids is 1. The SMILES string of the molecule is O=C(C=Cc1ccc(OCc2ccccc2)cc1)NCCc1nc2ccccc2[nH]1. The van der Waals surface area contributed by atoms with Gasteiger partial charge in [0.15, 0.2) is 0 Å². The van der Waals surface area contributed by atoms with Crippen LogP contribution < -0.4 is 10.1 Å². The number of fused-ring (bicyclic) bond motifs is 1. The summed E-state index contributed by atoms with van der Waals surface area (Å²) in [6.07, 6.45) is 3.98. The van der Waals surface area contributed by atoms with Gasteiger partial charge in [0.05, 0.1) is 11.0 Å². The standard InChI is InChI=1S/C25H23N3O2/c29-25(26-17-16-24-27-22-8-4-5-9-23(22)28-24)15-12-19-10-13-21(14-11-19)30-18-20-6-2-1-3-7-20/h1-15H,16-18H2,(H,26,29)(H,27,28). The van der Waals surface area contributed by atoms with E-state index in [9.17, 15) is 4.79 Å². The fourth-order valence-corrected chi connectivity index (χ4v) is 3.08. The molecule has 150 valence electrons. The second-order valence-corrected chi connectivity index (χ2v) is 6.92. The van der Waals surface area contributed by atoms with Crippen LogP contribution in [-0.4, -0.2) is 22.4 Å². The minimum Gasteiger partial charge on any atom is -0.489 e. The van der Waals surface area contributed by atoms with Crippen LogP contribution in [0.25, 0.3) is 17.1 Å². The Morgan fingerprint density at radius 3 is 2.53 bits per heavy atom. The molecule has 0 saturated carbocycles. The molecule has 2 N–H and O–H groups in total. The average molecular weight is 397 g/mol. The molecule has 1 aromatic heterocycles. The van der Waals surface area contributed by atoms with E-state index >= 15 is 0 Å². The predicted molar refractivity (Wildman–Crippen MR) is 119 cm³/mol. The highest BCUT2D eigenvalue weighted by molar-refractivity contribution is 5.91. The second-order valence-electron chi connectivity index (χ2n) is 6.92. The van der Waals surface area contributed by atoms with Crippen LogP contribution in [0.5, 0.6) is 5.75 Å². The van der Waals surface area contributed by atoms with Crippen molar-refractivity contribution in [2.24, 2.45) is 0 Å². The summed E-state index contributed by atoms with van der Waals surface area (Å²) in [5, 5.41) is 2.89. The number of nitrogens with one attached hydrogen (secondary N) is 2. The van der Waals surface area contributed by atoms with E-state index in [4.69, 9.17) is 4.74 Å². The van der Waals surface area contributed by atoms with Crippen LogP contribution in [0.2, 0.25) is 0 Å². The first kappa shape index (κ1) is 19.5. The summed E-state index contributed by atoms with van der Waals surface area (Å²) in [5.74, 6) is 1.54. The van der Waals surface area contributed by atoms with Gasteiger partial charge in [0.1, 0.15) is 18.2 Å². The van der Waals surface area contributed by atoms with Gasteiger partial charge >= 0.3 is 0 Å². The number of rotatable bonds is 8. The van der Waals surface area contributed by atoms with Crippen molar-refractivity contribution < 1.29 is 9.53 Å². The Hall–Kier alpha value is -3.86. The highest BCUT2D eigenvalue weighted by Gasteiger charge is 2.02. The number of H-pyrrole nitrogens is 1. The van der Waals surface area contributed by atoms with Crippen LogP contribution in [0.1, 0.15) is 17.0 Å². The first-order valence-electron chi connectivity index (χ1n) is 9.92. The quantitative estimate of drug-likeness (QED) is 0.430. The summed E-state index contributed by atoms with van der Waals surface area (Å²) in [6.45, 7) is 1.05. The van der Waals surface area contributed by atoms with Crippen molar-refractivity contribution in [2.75, 3.05) is 6.54 Å².